The number of aromatic nitrogens is 2. The van der Waals surface area contributed by atoms with Crippen LogP contribution >= 0.6 is 11.6 Å². The molecule has 0 amide bonds. The third-order valence-corrected chi connectivity index (χ3v) is 3.73. The van der Waals surface area contributed by atoms with Gasteiger partial charge in [-0.3, -0.25) is 15.4 Å². The van der Waals surface area contributed by atoms with Crippen molar-refractivity contribution in [2.75, 3.05) is 6.54 Å². The van der Waals surface area contributed by atoms with Crippen molar-refractivity contribution in [1.29, 1.82) is 10.8 Å². The second-order valence-electron chi connectivity index (χ2n) is 4.94. The lowest BCUT2D eigenvalue weighted by molar-refractivity contribution is 0.200. The van der Waals surface area contributed by atoms with Gasteiger partial charge in [0, 0.05) is 25.0 Å². The van der Waals surface area contributed by atoms with Crippen molar-refractivity contribution in [2.45, 2.75) is 32.7 Å². The first-order chi connectivity index (χ1) is 8.50. The highest BCUT2D eigenvalue weighted by atomic mass is 35.5. The van der Waals surface area contributed by atoms with E-state index in [1.165, 1.54) is 17.2 Å². The van der Waals surface area contributed by atoms with Gasteiger partial charge >= 0.3 is 0 Å². The maximum atomic E-state index is 8.26. The molecule has 1 fully saturated rings. The maximum Gasteiger partial charge on any atom is 0.204 e. The second kappa shape index (κ2) is 5.10. The van der Waals surface area contributed by atoms with Crippen LogP contribution in [-0.2, 0) is 0 Å². The van der Waals surface area contributed by atoms with E-state index in [-0.39, 0.29) is 10.6 Å². The molecule has 1 aromatic rings. The molecule has 0 radical (unpaired) electrons. The van der Waals surface area contributed by atoms with Gasteiger partial charge in [-0.15, -0.1) is 0 Å². The largest absolute Gasteiger partial charge is 0.339 e. The summed E-state index contributed by atoms with van der Waals surface area (Å²) in [6, 6.07) is 0.326. The minimum atomic E-state index is 0.0644. The molecule has 1 aromatic heterocycles. The topological polar surface area (TPSA) is 68.8 Å². The fraction of sp³-hybridized carbons (Fsp3) is 0.583. The van der Waals surface area contributed by atoms with Crippen LogP contribution in [0.2, 0.25) is 5.15 Å². The van der Waals surface area contributed by atoms with Crippen LogP contribution in [0.25, 0.3) is 0 Å². The maximum absolute atomic E-state index is 8.26. The van der Waals surface area contributed by atoms with Crippen LogP contribution in [0.5, 0.6) is 0 Å². The lowest BCUT2D eigenvalue weighted by Gasteiger charge is -2.38. The molecule has 98 valence electrons. The Labute approximate surface area is 111 Å². The molecule has 2 unspecified atom stereocenters. The lowest BCUT2D eigenvalue weighted by atomic mass is 9.95. The van der Waals surface area contributed by atoms with Gasteiger partial charge in [0.2, 0.25) is 5.96 Å². The summed E-state index contributed by atoms with van der Waals surface area (Å²) in [5.41, 5.74) is 0.0644. The molecule has 0 spiro atoms. The van der Waals surface area contributed by atoms with Gasteiger partial charge in [-0.2, -0.15) is 0 Å². The van der Waals surface area contributed by atoms with Gasteiger partial charge in [0.05, 0.1) is 0 Å². The Morgan fingerprint density at radius 2 is 2.17 bits per heavy atom. The third-order valence-electron chi connectivity index (χ3n) is 3.46. The second-order valence-corrected chi connectivity index (χ2v) is 5.30. The van der Waals surface area contributed by atoms with Gasteiger partial charge < -0.3 is 4.90 Å². The summed E-state index contributed by atoms with van der Waals surface area (Å²) in [6.07, 6.45) is 5.41. The van der Waals surface area contributed by atoms with E-state index in [4.69, 9.17) is 22.4 Å². The first-order valence-electron chi connectivity index (χ1n) is 6.14. The fourth-order valence-electron chi connectivity index (χ4n) is 2.30. The van der Waals surface area contributed by atoms with Crippen molar-refractivity contribution in [3.8, 4) is 0 Å². The summed E-state index contributed by atoms with van der Waals surface area (Å²) in [4.78, 5) is 5.87. The summed E-state index contributed by atoms with van der Waals surface area (Å²) in [7, 11) is 0. The Morgan fingerprint density at radius 3 is 2.89 bits per heavy atom. The van der Waals surface area contributed by atoms with Crippen LogP contribution in [0.15, 0.2) is 12.4 Å². The number of halogens is 1. The normalized spacial score (nSPS) is 24.1. The molecule has 18 heavy (non-hydrogen) atoms. The van der Waals surface area contributed by atoms with Crippen molar-refractivity contribution in [2.24, 2.45) is 5.92 Å². The van der Waals surface area contributed by atoms with E-state index in [2.05, 4.69) is 18.8 Å². The Hall–Kier alpha value is -1.36. The molecule has 2 atom stereocenters. The molecule has 0 aromatic carbocycles. The highest BCUT2D eigenvalue weighted by molar-refractivity contribution is 6.29. The van der Waals surface area contributed by atoms with Crippen LogP contribution in [0.1, 0.15) is 26.7 Å². The highest BCUT2D eigenvalue weighted by Gasteiger charge is 2.25. The van der Waals surface area contributed by atoms with Crippen LogP contribution in [0.4, 0.5) is 0 Å². The van der Waals surface area contributed by atoms with Crippen molar-refractivity contribution < 1.29 is 0 Å². The molecule has 0 bridgehead atoms. The predicted molar refractivity (Wildman–Crippen MR) is 70.8 cm³/mol. The van der Waals surface area contributed by atoms with Crippen LogP contribution in [-0.4, -0.2) is 33.0 Å². The summed E-state index contributed by atoms with van der Waals surface area (Å²) < 4.78 is 1.48. The van der Waals surface area contributed by atoms with Gasteiger partial charge in [0.15, 0.2) is 10.6 Å². The number of hydrogen-bond donors (Lipinski definition) is 2. The molecule has 1 saturated heterocycles. The molecular formula is C12H18ClN5. The standard InChI is InChI=1S/C12H18ClN5/c1-8-3-4-9(2)18(7-8)12(15)17-6-5-16-10(13)11(17)14/h5-6,8-9,14-15H,3-4,7H2,1-2H3. The average molecular weight is 268 g/mol. The number of nitrogens with one attached hydrogen (secondary N) is 2. The molecule has 0 aliphatic carbocycles. The molecule has 6 heteroatoms. The molecular weight excluding hydrogens is 250 g/mol. The van der Waals surface area contributed by atoms with E-state index in [0.717, 1.165) is 13.0 Å². The Balaban J connectivity index is 2.30. The summed E-state index contributed by atoms with van der Waals surface area (Å²) in [5, 5.41) is 16.3. The minimum absolute atomic E-state index is 0.0644. The Kier molecular flexibility index (Phi) is 3.71. The van der Waals surface area contributed by atoms with Crippen molar-refractivity contribution in [3.63, 3.8) is 0 Å². The Morgan fingerprint density at radius 1 is 1.44 bits per heavy atom. The molecule has 1 aliphatic rings. The SMILES string of the molecule is CC1CCC(C)N(C(=N)n2ccnc(Cl)c2=N)C1. The lowest BCUT2D eigenvalue weighted by Crippen LogP contribution is -2.49. The minimum Gasteiger partial charge on any atom is -0.339 e. The zero-order chi connectivity index (χ0) is 13.3. The van der Waals surface area contributed by atoms with Gasteiger partial charge in [0.25, 0.3) is 0 Å². The number of hydrogen-bond acceptors (Lipinski definition) is 3. The highest BCUT2D eigenvalue weighted by Crippen LogP contribution is 2.21. The van der Waals surface area contributed by atoms with E-state index in [0.29, 0.717) is 17.9 Å². The molecule has 0 saturated carbocycles. The van der Waals surface area contributed by atoms with Gasteiger partial charge in [-0.05, 0) is 25.7 Å². The zero-order valence-corrected chi connectivity index (χ0v) is 11.4. The molecule has 1 aliphatic heterocycles. The predicted octanol–water partition coefficient (Wildman–Crippen LogP) is 1.92. The molecule has 5 nitrogen and oxygen atoms in total. The van der Waals surface area contributed by atoms with Crippen molar-refractivity contribution in [1.82, 2.24) is 14.5 Å². The molecule has 2 heterocycles. The smallest absolute Gasteiger partial charge is 0.204 e. The summed E-state index contributed by atoms with van der Waals surface area (Å²) >= 11 is 5.83. The number of piperidine rings is 1. The number of nitrogens with zero attached hydrogens (tertiary/aromatic N) is 3. The van der Waals surface area contributed by atoms with E-state index in [1.807, 2.05) is 4.90 Å². The quantitative estimate of drug-likeness (QED) is 0.557. The van der Waals surface area contributed by atoms with Gasteiger partial charge in [-0.1, -0.05) is 18.5 Å². The third kappa shape index (κ3) is 2.41. The van der Waals surface area contributed by atoms with E-state index < -0.39 is 0 Å². The van der Waals surface area contributed by atoms with Gasteiger partial charge in [0.1, 0.15) is 0 Å². The Bertz CT molecular complexity index is 509. The van der Waals surface area contributed by atoms with E-state index in [1.54, 1.807) is 6.20 Å². The van der Waals surface area contributed by atoms with Crippen LogP contribution in [0.3, 0.4) is 0 Å². The van der Waals surface area contributed by atoms with Crippen molar-refractivity contribution >= 4 is 17.6 Å². The number of rotatable bonds is 0. The molecule has 2 N–H and O–H groups in total. The first-order valence-corrected chi connectivity index (χ1v) is 6.51. The molecule has 2 rings (SSSR count). The van der Waals surface area contributed by atoms with E-state index in [9.17, 15) is 0 Å². The monoisotopic (exact) mass is 267 g/mol. The van der Waals surface area contributed by atoms with Crippen molar-refractivity contribution in [3.05, 3.63) is 23.0 Å². The zero-order valence-electron chi connectivity index (χ0n) is 10.7. The van der Waals surface area contributed by atoms with Gasteiger partial charge in [-0.25, -0.2) is 4.98 Å². The number of likely N-dealkylation sites (tertiary alicyclic amines) is 1. The summed E-state index contributed by atoms with van der Waals surface area (Å²) in [6.45, 7) is 5.16. The van der Waals surface area contributed by atoms with E-state index >= 15 is 0 Å². The summed E-state index contributed by atoms with van der Waals surface area (Å²) in [5.74, 6) is 0.886. The fourth-order valence-corrected chi connectivity index (χ4v) is 2.45. The van der Waals surface area contributed by atoms with Crippen LogP contribution < -0.4 is 5.49 Å². The van der Waals surface area contributed by atoms with Crippen LogP contribution in [0, 0.1) is 16.7 Å². The first kappa shape index (κ1) is 13.1. The average Bonchev–Trinajstić information content (AvgIpc) is 2.35.